The average molecular weight is 369 g/mol. The van der Waals surface area contributed by atoms with E-state index in [0.29, 0.717) is 24.5 Å². The molecular weight excluding hydrogens is 350 g/mol. The van der Waals surface area contributed by atoms with Crippen molar-refractivity contribution in [2.24, 2.45) is 0 Å². The summed E-state index contributed by atoms with van der Waals surface area (Å²) >= 11 is 1.64. The van der Waals surface area contributed by atoms with E-state index in [-0.39, 0.29) is 12.0 Å². The summed E-state index contributed by atoms with van der Waals surface area (Å²) in [7, 11) is 0. The van der Waals surface area contributed by atoms with E-state index in [9.17, 15) is 4.79 Å². The van der Waals surface area contributed by atoms with E-state index >= 15 is 0 Å². The molecule has 0 radical (unpaired) electrons. The number of rotatable bonds is 6. The second-order valence-corrected chi connectivity index (χ2v) is 7.01. The lowest BCUT2D eigenvalue weighted by Gasteiger charge is -2.25. The maximum atomic E-state index is 13.1. The van der Waals surface area contributed by atoms with E-state index in [1.807, 2.05) is 16.3 Å². The standard InChI is InChI=1S/C18H19N5O2S/c24-18(15-3-4-17(19-8-15)23-12-20-21-13-23)22(9-14-5-7-26-11-14)10-16-2-1-6-25-16/h3-5,7-8,11-13,16H,1-2,6,9-10H2. The largest absolute Gasteiger partial charge is 0.376 e. The molecule has 1 amide bonds. The molecule has 1 unspecified atom stereocenters. The lowest BCUT2D eigenvalue weighted by molar-refractivity contribution is 0.0507. The van der Waals surface area contributed by atoms with Crippen LogP contribution in [0.25, 0.3) is 5.82 Å². The van der Waals surface area contributed by atoms with Gasteiger partial charge in [-0.1, -0.05) is 0 Å². The molecule has 7 nitrogen and oxygen atoms in total. The second-order valence-electron chi connectivity index (χ2n) is 6.23. The number of hydrogen-bond donors (Lipinski definition) is 0. The summed E-state index contributed by atoms with van der Waals surface area (Å²) in [6.45, 7) is 1.96. The van der Waals surface area contributed by atoms with Crippen LogP contribution in [0.15, 0.2) is 47.8 Å². The van der Waals surface area contributed by atoms with E-state index < -0.39 is 0 Å². The van der Waals surface area contributed by atoms with Gasteiger partial charge in [-0.15, -0.1) is 10.2 Å². The number of amides is 1. The summed E-state index contributed by atoms with van der Waals surface area (Å²) in [5.74, 6) is 0.643. The number of aromatic nitrogens is 4. The fourth-order valence-corrected chi connectivity index (χ4v) is 3.68. The molecule has 8 heteroatoms. The zero-order valence-electron chi connectivity index (χ0n) is 14.2. The fraction of sp³-hybridized carbons (Fsp3) is 0.333. The predicted octanol–water partition coefficient (Wildman–Crippen LogP) is 2.55. The van der Waals surface area contributed by atoms with Crippen molar-refractivity contribution in [3.8, 4) is 5.82 Å². The Morgan fingerprint density at radius 1 is 1.31 bits per heavy atom. The molecule has 4 heterocycles. The average Bonchev–Trinajstić information content (AvgIpc) is 3.43. The van der Waals surface area contributed by atoms with Crippen LogP contribution in [0.4, 0.5) is 0 Å². The summed E-state index contributed by atoms with van der Waals surface area (Å²) in [6, 6.07) is 5.64. The fourth-order valence-electron chi connectivity index (χ4n) is 3.02. The highest BCUT2D eigenvalue weighted by Crippen LogP contribution is 2.18. The minimum atomic E-state index is -0.0329. The maximum Gasteiger partial charge on any atom is 0.255 e. The highest BCUT2D eigenvalue weighted by molar-refractivity contribution is 7.07. The third kappa shape index (κ3) is 3.81. The zero-order valence-corrected chi connectivity index (χ0v) is 15.0. The van der Waals surface area contributed by atoms with Crippen LogP contribution in [0.1, 0.15) is 28.8 Å². The summed E-state index contributed by atoms with van der Waals surface area (Å²) in [5.41, 5.74) is 1.70. The van der Waals surface area contributed by atoms with Crippen LogP contribution in [-0.4, -0.2) is 49.8 Å². The molecule has 134 valence electrons. The van der Waals surface area contributed by atoms with Crippen LogP contribution < -0.4 is 0 Å². The molecule has 1 atom stereocenters. The van der Waals surface area contributed by atoms with Gasteiger partial charge in [-0.2, -0.15) is 11.3 Å². The molecule has 1 fully saturated rings. The van der Waals surface area contributed by atoms with Crippen molar-refractivity contribution in [3.63, 3.8) is 0 Å². The van der Waals surface area contributed by atoms with Crippen molar-refractivity contribution < 1.29 is 9.53 Å². The first kappa shape index (κ1) is 16.9. The normalized spacial score (nSPS) is 16.7. The number of carbonyl (C=O) groups is 1. The minimum Gasteiger partial charge on any atom is -0.376 e. The van der Waals surface area contributed by atoms with Crippen LogP contribution >= 0.6 is 11.3 Å². The van der Waals surface area contributed by atoms with Gasteiger partial charge in [0.1, 0.15) is 18.5 Å². The van der Waals surface area contributed by atoms with Gasteiger partial charge < -0.3 is 9.64 Å². The van der Waals surface area contributed by atoms with E-state index in [0.717, 1.165) is 25.0 Å². The van der Waals surface area contributed by atoms with Crippen LogP contribution in [0.5, 0.6) is 0 Å². The smallest absolute Gasteiger partial charge is 0.255 e. The van der Waals surface area contributed by atoms with E-state index in [4.69, 9.17) is 4.74 Å². The molecule has 0 N–H and O–H groups in total. The Morgan fingerprint density at radius 2 is 2.19 bits per heavy atom. The van der Waals surface area contributed by atoms with Gasteiger partial charge in [0.15, 0.2) is 0 Å². The van der Waals surface area contributed by atoms with Crippen molar-refractivity contribution in [1.29, 1.82) is 0 Å². The highest BCUT2D eigenvalue weighted by atomic mass is 32.1. The Labute approximate surface area is 155 Å². The van der Waals surface area contributed by atoms with Crippen LogP contribution in [0.2, 0.25) is 0 Å². The lowest BCUT2D eigenvalue weighted by Crippen LogP contribution is -2.36. The number of ether oxygens (including phenoxy) is 1. The summed E-state index contributed by atoms with van der Waals surface area (Å²) in [6.07, 6.45) is 6.92. The number of hydrogen-bond acceptors (Lipinski definition) is 6. The van der Waals surface area contributed by atoms with Gasteiger partial charge in [0.05, 0.1) is 11.7 Å². The number of carbonyl (C=O) groups excluding carboxylic acids is 1. The first-order valence-electron chi connectivity index (χ1n) is 8.52. The molecule has 0 saturated carbocycles. The number of pyridine rings is 1. The Balaban J connectivity index is 1.52. The SMILES string of the molecule is O=C(c1ccc(-n2cnnc2)nc1)N(Cc1ccsc1)CC1CCCO1. The molecule has 4 rings (SSSR count). The van der Waals surface area contributed by atoms with E-state index in [2.05, 4.69) is 20.6 Å². The van der Waals surface area contributed by atoms with E-state index in [1.54, 1.807) is 46.9 Å². The minimum absolute atomic E-state index is 0.0329. The quantitative estimate of drug-likeness (QED) is 0.668. The summed E-state index contributed by atoms with van der Waals surface area (Å²) in [5, 5.41) is 11.6. The lowest BCUT2D eigenvalue weighted by atomic mass is 10.1. The van der Waals surface area contributed by atoms with Crippen molar-refractivity contribution in [2.75, 3.05) is 13.2 Å². The molecular formula is C18H19N5O2S. The Kier molecular flexibility index (Phi) is 5.03. The zero-order chi connectivity index (χ0) is 17.8. The first-order chi connectivity index (χ1) is 12.8. The Bertz CT molecular complexity index is 827. The first-order valence-corrected chi connectivity index (χ1v) is 9.47. The second kappa shape index (κ2) is 7.76. The molecule has 26 heavy (non-hydrogen) atoms. The van der Waals surface area contributed by atoms with Gasteiger partial charge in [-0.25, -0.2) is 4.98 Å². The molecule has 1 aliphatic heterocycles. The van der Waals surface area contributed by atoms with Crippen molar-refractivity contribution in [3.05, 3.63) is 58.9 Å². The highest BCUT2D eigenvalue weighted by Gasteiger charge is 2.24. The Morgan fingerprint density at radius 3 is 2.85 bits per heavy atom. The molecule has 0 aliphatic carbocycles. The monoisotopic (exact) mass is 369 g/mol. The van der Waals surface area contributed by atoms with Crippen LogP contribution in [-0.2, 0) is 11.3 Å². The molecule has 0 bridgehead atoms. The van der Waals surface area contributed by atoms with Crippen LogP contribution in [0, 0.1) is 0 Å². The van der Waals surface area contributed by atoms with Crippen molar-refractivity contribution >= 4 is 17.2 Å². The van der Waals surface area contributed by atoms with Gasteiger partial charge in [0, 0.05) is 25.9 Å². The molecule has 1 saturated heterocycles. The summed E-state index contributed by atoms with van der Waals surface area (Å²) in [4.78, 5) is 19.3. The third-order valence-corrected chi connectivity index (χ3v) is 5.10. The maximum absolute atomic E-state index is 13.1. The van der Waals surface area contributed by atoms with Crippen molar-refractivity contribution in [1.82, 2.24) is 24.6 Å². The van der Waals surface area contributed by atoms with E-state index in [1.165, 1.54) is 0 Å². The number of nitrogens with zero attached hydrogens (tertiary/aromatic N) is 5. The predicted molar refractivity (Wildman–Crippen MR) is 97.2 cm³/mol. The van der Waals surface area contributed by atoms with Gasteiger partial charge in [0.2, 0.25) is 0 Å². The molecule has 3 aromatic heterocycles. The summed E-state index contributed by atoms with van der Waals surface area (Å²) < 4.78 is 7.43. The number of thiophene rings is 1. The molecule has 1 aliphatic rings. The van der Waals surface area contributed by atoms with Crippen LogP contribution in [0.3, 0.4) is 0 Å². The van der Waals surface area contributed by atoms with Gasteiger partial charge in [-0.05, 0) is 47.4 Å². The van der Waals surface area contributed by atoms with Crippen molar-refractivity contribution in [2.45, 2.75) is 25.5 Å². The van der Waals surface area contributed by atoms with Gasteiger partial charge >= 0.3 is 0 Å². The molecule has 3 aromatic rings. The molecule has 0 aromatic carbocycles. The Hall–Kier alpha value is -2.58. The topological polar surface area (TPSA) is 73.1 Å². The van der Waals surface area contributed by atoms with Gasteiger partial charge in [-0.3, -0.25) is 9.36 Å². The third-order valence-electron chi connectivity index (χ3n) is 4.37. The van der Waals surface area contributed by atoms with Gasteiger partial charge in [0.25, 0.3) is 5.91 Å². The molecule has 0 spiro atoms.